The number of nitrogens with zero attached hydrogens (tertiary/aromatic N) is 3. The molecule has 3 heterocycles. The van der Waals surface area contributed by atoms with Gasteiger partial charge in [0.2, 0.25) is 11.8 Å². The highest BCUT2D eigenvalue weighted by Gasteiger charge is 2.38. The van der Waals surface area contributed by atoms with E-state index in [1.807, 2.05) is 6.07 Å². The van der Waals surface area contributed by atoms with E-state index in [2.05, 4.69) is 44.7 Å². The van der Waals surface area contributed by atoms with Crippen LogP contribution in [0.3, 0.4) is 0 Å². The molecular weight excluding hydrogens is 409 g/mol. The van der Waals surface area contributed by atoms with Crippen molar-refractivity contribution in [3.63, 3.8) is 0 Å². The number of rotatable bonds is 5. The number of piperidine rings is 1. The zero-order valence-electron chi connectivity index (χ0n) is 17.8. The molecule has 1 atom stereocenters. The highest BCUT2D eigenvalue weighted by atomic mass is 19.1. The SMILES string of the molecule is O=C(NC1CCN(Cc2ccccc2)CC1)[C@@H]1CC(=O)N(c2n[nH]c3cccc(F)c23)C1. The molecule has 0 aliphatic carbocycles. The molecule has 7 nitrogen and oxygen atoms in total. The number of likely N-dealkylation sites (tertiary alicyclic amines) is 1. The third-order valence-corrected chi connectivity index (χ3v) is 6.45. The largest absolute Gasteiger partial charge is 0.353 e. The molecule has 2 amide bonds. The fourth-order valence-electron chi connectivity index (χ4n) is 4.69. The van der Waals surface area contributed by atoms with Gasteiger partial charge in [0, 0.05) is 38.6 Å². The van der Waals surface area contributed by atoms with Crippen molar-refractivity contribution in [2.24, 2.45) is 5.92 Å². The first-order valence-electron chi connectivity index (χ1n) is 11.1. The molecule has 3 aromatic rings. The smallest absolute Gasteiger partial charge is 0.229 e. The van der Waals surface area contributed by atoms with E-state index in [1.165, 1.54) is 16.5 Å². The average molecular weight is 436 g/mol. The van der Waals surface area contributed by atoms with Gasteiger partial charge in [-0.15, -0.1) is 0 Å². The Hall–Kier alpha value is -3.26. The molecule has 2 fully saturated rings. The Kier molecular flexibility index (Phi) is 5.61. The zero-order valence-corrected chi connectivity index (χ0v) is 17.8. The molecule has 166 valence electrons. The molecule has 2 aliphatic rings. The first-order valence-corrected chi connectivity index (χ1v) is 11.1. The Morgan fingerprint density at radius 1 is 1.12 bits per heavy atom. The summed E-state index contributed by atoms with van der Waals surface area (Å²) in [6.07, 6.45) is 1.89. The summed E-state index contributed by atoms with van der Waals surface area (Å²) >= 11 is 0. The van der Waals surface area contributed by atoms with E-state index in [1.54, 1.807) is 12.1 Å². The Labute approximate surface area is 185 Å². The third kappa shape index (κ3) is 4.10. The van der Waals surface area contributed by atoms with Gasteiger partial charge in [0.25, 0.3) is 0 Å². The number of anilines is 1. The van der Waals surface area contributed by atoms with Gasteiger partial charge in [-0.25, -0.2) is 4.39 Å². The maximum atomic E-state index is 14.3. The summed E-state index contributed by atoms with van der Waals surface area (Å²) in [5, 5.41) is 10.3. The second kappa shape index (κ2) is 8.70. The number of hydrogen-bond donors (Lipinski definition) is 2. The van der Waals surface area contributed by atoms with Crippen LogP contribution in [0.5, 0.6) is 0 Å². The van der Waals surface area contributed by atoms with Crippen LogP contribution in [0.15, 0.2) is 48.5 Å². The molecule has 32 heavy (non-hydrogen) atoms. The van der Waals surface area contributed by atoms with Crippen molar-refractivity contribution in [1.29, 1.82) is 0 Å². The fraction of sp³-hybridized carbons (Fsp3) is 0.375. The van der Waals surface area contributed by atoms with Crippen molar-refractivity contribution in [2.45, 2.75) is 31.8 Å². The second-order valence-electron chi connectivity index (χ2n) is 8.66. The number of nitrogens with one attached hydrogen (secondary N) is 2. The highest BCUT2D eigenvalue weighted by molar-refractivity contribution is 6.05. The molecule has 0 unspecified atom stereocenters. The summed E-state index contributed by atoms with van der Waals surface area (Å²) in [7, 11) is 0. The van der Waals surface area contributed by atoms with E-state index in [-0.39, 0.29) is 42.0 Å². The van der Waals surface area contributed by atoms with Crippen molar-refractivity contribution in [1.82, 2.24) is 20.4 Å². The number of carbonyl (C=O) groups is 2. The van der Waals surface area contributed by atoms with Crippen molar-refractivity contribution in [3.05, 3.63) is 59.9 Å². The first kappa shape index (κ1) is 20.6. The predicted molar refractivity (Wildman–Crippen MR) is 119 cm³/mol. The highest BCUT2D eigenvalue weighted by Crippen LogP contribution is 2.31. The van der Waals surface area contributed by atoms with Crippen molar-refractivity contribution >= 4 is 28.5 Å². The number of aromatic nitrogens is 2. The van der Waals surface area contributed by atoms with Gasteiger partial charge in [0.05, 0.1) is 16.8 Å². The molecule has 0 radical (unpaired) electrons. The number of fused-ring (bicyclic) bond motifs is 1. The molecule has 8 heteroatoms. The molecular formula is C24H26FN5O2. The molecule has 5 rings (SSSR count). The topological polar surface area (TPSA) is 81.3 Å². The summed E-state index contributed by atoms with van der Waals surface area (Å²) in [6.45, 7) is 2.98. The summed E-state index contributed by atoms with van der Waals surface area (Å²) in [4.78, 5) is 29.3. The monoisotopic (exact) mass is 435 g/mol. The quantitative estimate of drug-likeness (QED) is 0.646. The van der Waals surface area contributed by atoms with Gasteiger partial charge in [-0.3, -0.25) is 24.5 Å². The molecule has 0 spiro atoms. The number of carbonyl (C=O) groups excluding carboxylic acids is 2. The summed E-state index contributed by atoms with van der Waals surface area (Å²) in [5.74, 6) is -0.952. The number of benzene rings is 2. The minimum Gasteiger partial charge on any atom is -0.353 e. The van der Waals surface area contributed by atoms with Gasteiger partial charge in [0.15, 0.2) is 5.82 Å². The van der Waals surface area contributed by atoms with Gasteiger partial charge in [-0.2, -0.15) is 5.10 Å². The van der Waals surface area contributed by atoms with Crippen LogP contribution in [0.1, 0.15) is 24.8 Å². The third-order valence-electron chi connectivity index (χ3n) is 6.45. The van der Waals surface area contributed by atoms with Gasteiger partial charge < -0.3 is 5.32 Å². The lowest BCUT2D eigenvalue weighted by Gasteiger charge is -2.32. The van der Waals surface area contributed by atoms with Gasteiger partial charge in [-0.05, 0) is 30.5 Å². The molecule has 2 saturated heterocycles. The van der Waals surface area contributed by atoms with E-state index in [0.717, 1.165) is 32.5 Å². The van der Waals surface area contributed by atoms with Crippen LogP contribution in [0.4, 0.5) is 10.2 Å². The number of hydrogen-bond acceptors (Lipinski definition) is 4. The van der Waals surface area contributed by atoms with Crippen molar-refractivity contribution in [2.75, 3.05) is 24.5 Å². The normalized spacial score (nSPS) is 20.2. The molecule has 0 bridgehead atoms. The summed E-state index contributed by atoms with van der Waals surface area (Å²) < 4.78 is 14.3. The molecule has 2 aromatic carbocycles. The van der Waals surface area contributed by atoms with Crippen LogP contribution < -0.4 is 10.2 Å². The number of aromatic amines is 1. The predicted octanol–water partition coefficient (Wildman–Crippen LogP) is 2.84. The maximum absolute atomic E-state index is 14.3. The molecule has 2 aliphatic heterocycles. The van der Waals surface area contributed by atoms with Crippen LogP contribution in [-0.4, -0.2) is 52.6 Å². The van der Waals surface area contributed by atoms with Crippen LogP contribution in [0, 0.1) is 11.7 Å². The zero-order chi connectivity index (χ0) is 22.1. The average Bonchev–Trinajstić information content (AvgIpc) is 3.40. The molecule has 0 saturated carbocycles. The Bertz CT molecular complexity index is 1120. The Morgan fingerprint density at radius 3 is 2.69 bits per heavy atom. The lowest BCUT2D eigenvalue weighted by molar-refractivity contribution is -0.127. The lowest BCUT2D eigenvalue weighted by Crippen LogP contribution is -2.46. The number of halogens is 1. The fourth-order valence-corrected chi connectivity index (χ4v) is 4.69. The van der Waals surface area contributed by atoms with Crippen LogP contribution in [0.2, 0.25) is 0 Å². The minimum absolute atomic E-state index is 0.109. The van der Waals surface area contributed by atoms with Crippen LogP contribution in [0.25, 0.3) is 10.9 Å². The molecule has 2 N–H and O–H groups in total. The van der Waals surface area contributed by atoms with E-state index < -0.39 is 11.7 Å². The molecule has 1 aromatic heterocycles. The Balaban J connectivity index is 1.17. The minimum atomic E-state index is -0.455. The number of H-pyrrole nitrogens is 1. The van der Waals surface area contributed by atoms with E-state index >= 15 is 0 Å². The maximum Gasteiger partial charge on any atom is 0.229 e. The summed E-state index contributed by atoms with van der Waals surface area (Å²) in [6, 6.07) is 15.1. The Morgan fingerprint density at radius 2 is 1.91 bits per heavy atom. The number of amides is 2. The first-order chi connectivity index (χ1) is 15.6. The van der Waals surface area contributed by atoms with Crippen LogP contribution >= 0.6 is 0 Å². The van der Waals surface area contributed by atoms with E-state index in [4.69, 9.17) is 0 Å². The summed E-state index contributed by atoms with van der Waals surface area (Å²) in [5.41, 5.74) is 1.82. The van der Waals surface area contributed by atoms with E-state index in [9.17, 15) is 14.0 Å². The van der Waals surface area contributed by atoms with E-state index in [0.29, 0.717) is 5.52 Å². The van der Waals surface area contributed by atoms with Gasteiger partial charge >= 0.3 is 0 Å². The van der Waals surface area contributed by atoms with Gasteiger partial charge in [0.1, 0.15) is 5.82 Å². The van der Waals surface area contributed by atoms with Gasteiger partial charge in [-0.1, -0.05) is 36.4 Å². The van der Waals surface area contributed by atoms with Crippen molar-refractivity contribution < 1.29 is 14.0 Å². The van der Waals surface area contributed by atoms with Crippen LogP contribution in [-0.2, 0) is 16.1 Å². The second-order valence-corrected chi connectivity index (χ2v) is 8.66. The van der Waals surface area contributed by atoms with Crippen molar-refractivity contribution in [3.8, 4) is 0 Å². The standard InChI is InChI=1S/C24H26FN5O2/c25-19-7-4-8-20-22(19)23(28-27-20)30-15-17(13-21(30)31)24(32)26-18-9-11-29(12-10-18)14-16-5-2-1-3-6-16/h1-8,17-18H,9-15H2,(H,26,32)(H,27,28)/t17-/m1/s1. The lowest BCUT2D eigenvalue weighted by atomic mass is 10.0.